The molecule has 1 saturated carbocycles. The molecule has 0 aromatic heterocycles. The van der Waals surface area contributed by atoms with Gasteiger partial charge in [0.15, 0.2) is 11.5 Å². The third-order valence-electron chi connectivity index (χ3n) is 5.62. The minimum Gasteiger partial charge on any atom is -0.493 e. The van der Waals surface area contributed by atoms with E-state index < -0.39 is 0 Å². The molecule has 0 spiro atoms. The first-order valence-electron chi connectivity index (χ1n) is 10.1. The number of aliphatic hydroxyl groups is 1. The van der Waals surface area contributed by atoms with Crippen LogP contribution in [-0.2, 0) is 14.2 Å². The lowest BCUT2D eigenvalue weighted by molar-refractivity contribution is -0.0352. The maximum atomic E-state index is 9.84. The molecule has 0 bridgehead atoms. The first-order valence-corrected chi connectivity index (χ1v) is 10.1. The van der Waals surface area contributed by atoms with Gasteiger partial charge in [-0.25, -0.2) is 0 Å². The van der Waals surface area contributed by atoms with Gasteiger partial charge in [0.2, 0.25) is 0 Å². The van der Waals surface area contributed by atoms with Crippen molar-refractivity contribution in [1.29, 1.82) is 0 Å². The zero-order valence-electron chi connectivity index (χ0n) is 16.9. The minimum atomic E-state index is -0.156. The third-order valence-corrected chi connectivity index (χ3v) is 5.62. The van der Waals surface area contributed by atoms with Gasteiger partial charge in [-0.05, 0) is 50.7 Å². The molecule has 0 radical (unpaired) electrons. The van der Waals surface area contributed by atoms with Crippen LogP contribution in [0.25, 0.3) is 0 Å². The molecule has 26 heavy (non-hydrogen) atoms. The SMILES string of the molecule is CC=C(OC)C(=CC(C)CCOC1CCCCC1N1CCC(O)C1)OC. The van der Waals surface area contributed by atoms with E-state index in [1.165, 1.54) is 19.3 Å². The Hall–Kier alpha value is -1.04. The predicted molar refractivity (Wildman–Crippen MR) is 104 cm³/mol. The van der Waals surface area contributed by atoms with Gasteiger partial charge < -0.3 is 19.3 Å². The van der Waals surface area contributed by atoms with Crippen molar-refractivity contribution in [3.8, 4) is 0 Å². The number of hydrogen-bond donors (Lipinski definition) is 1. The first-order chi connectivity index (χ1) is 12.6. The third kappa shape index (κ3) is 6.00. The quantitative estimate of drug-likeness (QED) is 0.499. The number of nitrogens with zero attached hydrogens (tertiary/aromatic N) is 1. The van der Waals surface area contributed by atoms with Gasteiger partial charge in [0.05, 0.1) is 26.4 Å². The summed E-state index contributed by atoms with van der Waals surface area (Å²) >= 11 is 0. The summed E-state index contributed by atoms with van der Waals surface area (Å²) in [4.78, 5) is 2.44. The van der Waals surface area contributed by atoms with Crippen LogP contribution in [0.15, 0.2) is 23.7 Å². The van der Waals surface area contributed by atoms with Gasteiger partial charge in [0, 0.05) is 25.7 Å². The Morgan fingerprint density at radius 3 is 2.50 bits per heavy atom. The zero-order valence-corrected chi connectivity index (χ0v) is 16.9. The lowest BCUT2D eigenvalue weighted by Crippen LogP contribution is -2.46. The second-order valence-electron chi connectivity index (χ2n) is 7.56. The van der Waals surface area contributed by atoms with Crippen LogP contribution in [-0.4, -0.2) is 62.2 Å². The number of hydrogen-bond acceptors (Lipinski definition) is 5. The molecule has 0 aromatic rings. The average Bonchev–Trinajstić information content (AvgIpc) is 3.08. The molecule has 5 heteroatoms. The molecule has 2 rings (SSSR count). The fraction of sp³-hybridized carbons (Fsp3) is 0.810. The van der Waals surface area contributed by atoms with Crippen LogP contribution in [0.2, 0.25) is 0 Å². The molecule has 0 aromatic carbocycles. The van der Waals surface area contributed by atoms with Crippen molar-refractivity contribution in [1.82, 2.24) is 4.90 Å². The molecule has 0 amide bonds. The molecule has 1 N–H and O–H groups in total. The lowest BCUT2D eigenvalue weighted by Gasteiger charge is -2.37. The molecule has 1 saturated heterocycles. The number of methoxy groups -OCH3 is 2. The van der Waals surface area contributed by atoms with Gasteiger partial charge in [-0.3, -0.25) is 4.90 Å². The molecule has 5 nitrogen and oxygen atoms in total. The largest absolute Gasteiger partial charge is 0.493 e. The fourth-order valence-corrected chi connectivity index (χ4v) is 4.12. The Bertz CT molecular complexity index is 477. The molecule has 150 valence electrons. The van der Waals surface area contributed by atoms with Crippen LogP contribution >= 0.6 is 0 Å². The van der Waals surface area contributed by atoms with Crippen LogP contribution < -0.4 is 0 Å². The Kier molecular flexibility index (Phi) is 8.96. The maximum absolute atomic E-state index is 9.84. The van der Waals surface area contributed by atoms with Crippen LogP contribution in [0.1, 0.15) is 52.4 Å². The van der Waals surface area contributed by atoms with E-state index in [0.717, 1.165) is 50.5 Å². The second kappa shape index (κ2) is 11.0. The number of β-amino-alcohol motifs (C(OH)–C–C–N with tert-alkyl or cyclic N) is 1. The highest BCUT2D eigenvalue weighted by molar-refractivity contribution is 5.20. The summed E-state index contributed by atoms with van der Waals surface area (Å²) in [6.45, 7) is 6.69. The molecule has 4 atom stereocenters. The summed E-state index contributed by atoms with van der Waals surface area (Å²) in [6, 6.07) is 0.476. The Morgan fingerprint density at radius 2 is 1.88 bits per heavy atom. The predicted octanol–water partition coefficient (Wildman–Crippen LogP) is 3.49. The van der Waals surface area contributed by atoms with Gasteiger partial charge >= 0.3 is 0 Å². The molecule has 1 aliphatic heterocycles. The van der Waals surface area contributed by atoms with Gasteiger partial charge in [-0.1, -0.05) is 19.8 Å². The van der Waals surface area contributed by atoms with Crippen molar-refractivity contribution in [2.45, 2.75) is 70.6 Å². The van der Waals surface area contributed by atoms with Gasteiger partial charge in [0.25, 0.3) is 0 Å². The van der Waals surface area contributed by atoms with E-state index >= 15 is 0 Å². The monoisotopic (exact) mass is 367 g/mol. The lowest BCUT2D eigenvalue weighted by atomic mass is 9.91. The zero-order chi connectivity index (χ0) is 18.9. The molecule has 1 heterocycles. The van der Waals surface area contributed by atoms with Crippen LogP contribution in [0, 0.1) is 5.92 Å². The molecule has 2 fully saturated rings. The number of allylic oxidation sites excluding steroid dienone is 2. The summed E-state index contributed by atoms with van der Waals surface area (Å²) < 4.78 is 17.1. The summed E-state index contributed by atoms with van der Waals surface area (Å²) in [7, 11) is 3.34. The summed E-state index contributed by atoms with van der Waals surface area (Å²) in [5, 5.41) is 9.84. The molecular weight excluding hydrogens is 330 g/mol. The van der Waals surface area contributed by atoms with Gasteiger partial charge in [0.1, 0.15) is 0 Å². The van der Waals surface area contributed by atoms with E-state index in [9.17, 15) is 5.11 Å². The molecule has 1 aliphatic carbocycles. The average molecular weight is 368 g/mol. The van der Waals surface area contributed by atoms with E-state index in [0.29, 0.717) is 18.1 Å². The minimum absolute atomic E-state index is 0.156. The topological polar surface area (TPSA) is 51.2 Å². The van der Waals surface area contributed by atoms with Crippen LogP contribution in [0.5, 0.6) is 0 Å². The van der Waals surface area contributed by atoms with Crippen molar-refractivity contribution >= 4 is 0 Å². The summed E-state index contributed by atoms with van der Waals surface area (Å²) in [6.07, 6.45) is 10.9. The highest BCUT2D eigenvalue weighted by atomic mass is 16.5. The van der Waals surface area contributed by atoms with Crippen LogP contribution in [0.4, 0.5) is 0 Å². The Balaban J connectivity index is 1.83. The smallest absolute Gasteiger partial charge is 0.156 e. The van der Waals surface area contributed by atoms with Crippen molar-refractivity contribution in [3.63, 3.8) is 0 Å². The van der Waals surface area contributed by atoms with E-state index in [1.807, 2.05) is 13.0 Å². The molecule has 4 unspecified atom stereocenters. The van der Waals surface area contributed by atoms with E-state index in [4.69, 9.17) is 14.2 Å². The second-order valence-corrected chi connectivity index (χ2v) is 7.56. The summed E-state index contributed by atoms with van der Waals surface area (Å²) in [5.41, 5.74) is 0. The first kappa shape index (κ1) is 21.3. The maximum Gasteiger partial charge on any atom is 0.156 e. The van der Waals surface area contributed by atoms with Crippen LogP contribution in [0.3, 0.4) is 0 Å². The highest BCUT2D eigenvalue weighted by Crippen LogP contribution is 2.28. The number of ether oxygens (including phenoxy) is 3. The van der Waals surface area contributed by atoms with E-state index in [1.54, 1.807) is 14.2 Å². The van der Waals surface area contributed by atoms with Crippen molar-refractivity contribution in [3.05, 3.63) is 23.7 Å². The number of aliphatic hydroxyl groups excluding tert-OH is 1. The Morgan fingerprint density at radius 1 is 1.15 bits per heavy atom. The van der Waals surface area contributed by atoms with Crippen molar-refractivity contribution in [2.75, 3.05) is 33.9 Å². The van der Waals surface area contributed by atoms with Gasteiger partial charge in [-0.2, -0.15) is 0 Å². The standard InChI is InChI=1S/C21H37NO4/c1-5-19(24-3)21(25-4)14-16(2)11-13-26-20-9-7-6-8-18(20)22-12-10-17(23)15-22/h5,14,16-18,20,23H,6-13,15H2,1-4H3. The van der Waals surface area contributed by atoms with E-state index in [-0.39, 0.29) is 6.10 Å². The normalized spacial score (nSPS) is 29.7. The van der Waals surface area contributed by atoms with Crippen molar-refractivity contribution < 1.29 is 19.3 Å². The highest BCUT2D eigenvalue weighted by Gasteiger charge is 2.34. The van der Waals surface area contributed by atoms with E-state index in [2.05, 4.69) is 17.9 Å². The number of likely N-dealkylation sites (tertiary alicyclic amines) is 1. The number of rotatable bonds is 9. The van der Waals surface area contributed by atoms with Gasteiger partial charge in [-0.15, -0.1) is 0 Å². The van der Waals surface area contributed by atoms with Crippen molar-refractivity contribution in [2.24, 2.45) is 5.92 Å². The Labute approximate surface area is 159 Å². The fourth-order valence-electron chi connectivity index (χ4n) is 4.12. The molecular formula is C21H37NO4. The molecule has 2 aliphatic rings. The summed E-state index contributed by atoms with van der Waals surface area (Å²) in [5.74, 6) is 1.90.